The smallest absolute Gasteiger partial charge is 0.153 e. The zero-order chi connectivity index (χ0) is 14.6. The molecule has 5 heteroatoms. The standard InChI is InChI=1S/C15H24N2O2S/c1-13(2)20(18,19)11-10-17-9-8-16-12-15(17)14-6-4-3-5-7-14/h3-7,13,15-16H,8-12H2,1-2H3. The molecule has 1 aromatic carbocycles. The zero-order valence-electron chi connectivity index (χ0n) is 12.2. The van der Waals surface area contributed by atoms with Crippen LogP contribution in [0.25, 0.3) is 0 Å². The van der Waals surface area contributed by atoms with E-state index >= 15 is 0 Å². The van der Waals surface area contributed by atoms with Gasteiger partial charge in [0, 0.05) is 32.2 Å². The molecule has 1 N–H and O–H groups in total. The fraction of sp³-hybridized carbons (Fsp3) is 0.600. The van der Waals surface area contributed by atoms with E-state index in [4.69, 9.17) is 0 Å². The zero-order valence-corrected chi connectivity index (χ0v) is 13.1. The fourth-order valence-corrected chi connectivity index (χ4v) is 3.46. The minimum absolute atomic E-state index is 0.244. The third-order valence-corrected chi connectivity index (χ3v) is 6.11. The Kier molecular flexibility index (Phi) is 5.18. The summed E-state index contributed by atoms with van der Waals surface area (Å²) >= 11 is 0. The van der Waals surface area contributed by atoms with Crippen LogP contribution in [0.2, 0.25) is 0 Å². The molecule has 1 saturated heterocycles. The van der Waals surface area contributed by atoms with Gasteiger partial charge in [-0.1, -0.05) is 30.3 Å². The first-order valence-corrected chi connectivity index (χ1v) is 8.93. The second kappa shape index (κ2) is 6.70. The van der Waals surface area contributed by atoms with Crippen molar-refractivity contribution in [1.82, 2.24) is 10.2 Å². The van der Waals surface area contributed by atoms with E-state index in [2.05, 4.69) is 22.3 Å². The molecule has 1 heterocycles. The van der Waals surface area contributed by atoms with E-state index in [1.165, 1.54) is 5.56 Å². The van der Waals surface area contributed by atoms with Crippen LogP contribution in [0.15, 0.2) is 30.3 Å². The lowest BCUT2D eigenvalue weighted by Crippen LogP contribution is -2.47. The van der Waals surface area contributed by atoms with Gasteiger partial charge in [0.1, 0.15) is 0 Å². The molecule has 20 heavy (non-hydrogen) atoms. The first-order chi connectivity index (χ1) is 9.50. The molecule has 1 aromatic rings. The molecule has 4 nitrogen and oxygen atoms in total. The molecule has 0 saturated carbocycles. The molecule has 0 radical (unpaired) electrons. The van der Waals surface area contributed by atoms with Gasteiger partial charge >= 0.3 is 0 Å². The Hall–Kier alpha value is -0.910. The second-order valence-electron chi connectivity index (χ2n) is 5.58. The van der Waals surface area contributed by atoms with E-state index in [0.717, 1.165) is 19.6 Å². The van der Waals surface area contributed by atoms with Crippen molar-refractivity contribution in [2.45, 2.75) is 25.1 Å². The Labute approximate surface area is 122 Å². The van der Waals surface area contributed by atoms with E-state index in [1.54, 1.807) is 13.8 Å². The van der Waals surface area contributed by atoms with Crippen molar-refractivity contribution in [2.75, 3.05) is 31.9 Å². The third kappa shape index (κ3) is 3.81. The number of hydrogen-bond donors (Lipinski definition) is 1. The first-order valence-electron chi connectivity index (χ1n) is 7.22. The highest BCUT2D eigenvalue weighted by Crippen LogP contribution is 2.21. The first kappa shape index (κ1) is 15.5. The van der Waals surface area contributed by atoms with E-state index < -0.39 is 9.84 Å². The Bertz CT molecular complexity index is 514. The average molecular weight is 296 g/mol. The highest BCUT2D eigenvalue weighted by molar-refractivity contribution is 7.92. The normalized spacial score (nSPS) is 21.2. The number of sulfone groups is 1. The molecule has 0 bridgehead atoms. The summed E-state index contributed by atoms with van der Waals surface area (Å²) < 4.78 is 23.9. The Balaban J connectivity index is 2.05. The lowest BCUT2D eigenvalue weighted by Gasteiger charge is -2.36. The van der Waals surface area contributed by atoms with Gasteiger partial charge < -0.3 is 5.32 Å². The van der Waals surface area contributed by atoms with Crippen LogP contribution in [0, 0.1) is 0 Å². The van der Waals surface area contributed by atoms with Crippen molar-refractivity contribution in [1.29, 1.82) is 0 Å². The highest BCUT2D eigenvalue weighted by atomic mass is 32.2. The van der Waals surface area contributed by atoms with Crippen LogP contribution in [0.5, 0.6) is 0 Å². The molecule has 1 aliphatic heterocycles. The lowest BCUT2D eigenvalue weighted by atomic mass is 10.0. The molecular formula is C15H24N2O2S. The molecule has 1 atom stereocenters. The summed E-state index contributed by atoms with van der Waals surface area (Å²) in [6.45, 7) is 6.81. The third-order valence-electron chi connectivity index (χ3n) is 3.92. The number of benzene rings is 1. The summed E-state index contributed by atoms with van der Waals surface area (Å²) in [7, 11) is -2.97. The molecule has 1 unspecified atom stereocenters. The van der Waals surface area contributed by atoms with Gasteiger partial charge in [0.15, 0.2) is 9.84 Å². The SMILES string of the molecule is CC(C)S(=O)(=O)CCN1CCNCC1c1ccccc1. The van der Waals surface area contributed by atoms with Crippen molar-refractivity contribution in [3.63, 3.8) is 0 Å². The van der Waals surface area contributed by atoms with Gasteiger partial charge in [-0.05, 0) is 19.4 Å². The summed E-state index contributed by atoms with van der Waals surface area (Å²) in [4.78, 5) is 2.28. The van der Waals surface area contributed by atoms with Crippen molar-refractivity contribution in [2.24, 2.45) is 0 Å². The Morgan fingerprint density at radius 3 is 2.65 bits per heavy atom. The van der Waals surface area contributed by atoms with Crippen molar-refractivity contribution in [3.8, 4) is 0 Å². The molecule has 112 valence electrons. The van der Waals surface area contributed by atoms with Gasteiger partial charge in [-0.15, -0.1) is 0 Å². The van der Waals surface area contributed by atoms with Crippen LogP contribution in [-0.4, -0.2) is 50.5 Å². The summed E-state index contributed by atoms with van der Waals surface area (Å²) in [5, 5.41) is 3.10. The van der Waals surface area contributed by atoms with Crippen molar-refractivity contribution >= 4 is 9.84 Å². The van der Waals surface area contributed by atoms with E-state index in [0.29, 0.717) is 6.54 Å². The summed E-state index contributed by atoms with van der Waals surface area (Å²) in [5.74, 6) is 0.244. The largest absolute Gasteiger partial charge is 0.314 e. The number of nitrogens with zero attached hydrogens (tertiary/aromatic N) is 1. The monoisotopic (exact) mass is 296 g/mol. The van der Waals surface area contributed by atoms with Crippen LogP contribution < -0.4 is 5.32 Å². The fourth-order valence-electron chi connectivity index (χ4n) is 2.50. The lowest BCUT2D eigenvalue weighted by molar-refractivity contribution is 0.171. The molecule has 0 aromatic heterocycles. The molecule has 1 aliphatic rings. The highest BCUT2D eigenvalue weighted by Gasteiger charge is 2.25. The number of piperazine rings is 1. The van der Waals surface area contributed by atoms with E-state index in [-0.39, 0.29) is 17.0 Å². The minimum Gasteiger partial charge on any atom is -0.314 e. The molecular weight excluding hydrogens is 272 g/mol. The van der Waals surface area contributed by atoms with Crippen molar-refractivity contribution < 1.29 is 8.42 Å². The number of rotatable bonds is 5. The van der Waals surface area contributed by atoms with E-state index in [1.807, 2.05) is 18.2 Å². The molecule has 0 spiro atoms. The van der Waals surface area contributed by atoms with Gasteiger partial charge in [-0.25, -0.2) is 8.42 Å². The topological polar surface area (TPSA) is 49.4 Å². The van der Waals surface area contributed by atoms with Crippen molar-refractivity contribution in [3.05, 3.63) is 35.9 Å². The second-order valence-corrected chi connectivity index (χ2v) is 8.26. The number of hydrogen-bond acceptors (Lipinski definition) is 4. The van der Waals surface area contributed by atoms with Crippen LogP contribution in [0.3, 0.4) is 0 Å². The Morgan fingerprint density at radius 1 is 1.30 bits per heavy atom. The quantitative estimate of drug-likeness (QED) is 0.893. The average Bonchev–Trinajstić information content (AvgIpc) is 2.46. The molecule has 0 aliphatic carbocycles. The maximum Gasteiger partial charge on any atom is 0.153 e. The van der Waals surface area contributed by atoms with Gasteiger partial charge in [-0.2, -0.15) is 0 Å². The summed E-state index contributed by atoms with van der Waals surface area (Å²) in [5.41, 5.74) is 1.25. The maximum absolute atomic E-state index is 12.0. The number of nitrogens with one attached hydrogen (secondary N) is 1. The van der Waals surface area contributed by atoms with Gasteiger partial charge in [0.05, 0.1) is 11.0 Å². The van der Waals surface area contributed by atoms with Crippen LogP contribution in [0.4, 0.5) is 0 Å². The van der Waals surface area contributed by atoms with Crippen LogP contribution in [-0.2, 0) is 9.84 Å². The molecule has 0 amide bonds. The summed E-state index contributed by atoms with van der Waals surface area (Å²) in [6.07, 6.45) is 0. The van der Waals surface area contributed by atoms with Gasteiger partial charge in [0.25, 0.3) is 0 Å². The predicted molar refractivity (Wildman–Crippen MR) is 82.5 cm³/mol. The van der Waals surface area contributed by atoms with Crippen LogP contribution >= 0.6 is 0 Å². The van der Waals surface area contributed by atoms with Crippen LogP contribution in [0.1, 0.15) is 25.5 Å². The summed E-state index contributed by atoms with van der Waals surface area (Å²) in [6, 6.07) is 10.6. The maximum atomic E-state index is 12.0. The van der Waals surface area contributed by atoms with Gasteiger partial charge in [0.2, 0.25) is 0 Å². The minimum atomic E-state index is -2.97. The van der Waals surface area contributed by atoms with E-state index in [9.17, 15) is 8.42 Å². The molecule has 2 rings (SSSR count). The Morgan fingerprint density at radius 2 is 2.00 bits per heavy atom. The molecule has 1 fully saturated rings. The van der Waals surface area contributed by atoms with Gasteiger partial charge in [-0.3, -0.25) is 4.90 Å². The predicted octanol–water partition coefficient (Wildman–Crippen LogP) is 1.46.